The molecule has 0 aromatic rings. The van der Waals surface area contributed by atoms with Crippen LogP contribution in [-0.4, -0.2) is 37.2 Å². The number of unbranched alkanes of at least 4 members (excludes halogenated alkanes) is 38. The lowest BCUT2D eigenvalue weighted by molar-refractivity contribution is -0.167. The minimum absolute atomic E-state index is 0.0886. The molecule has 0 spiro atoms. The Morgan fingerprint density at radius 1 is 0.288 bits per heavy atom. The molecule has 0 fully saturated rings. The predicted molar refractivity (Wildman–Crippen MR) is 316 cm³/mol. The molecular formula is C67H120O6. The van der Waals surface area contributed by atoms with Crippen molar-refractivity contribution in [3.63, 3.8) is 0 Å². The van der Waals surface area contributed by atoms with Crippen LogP contribution in [0, 0.1) is 0 Å². The number of hydrogen-bond donors (Lipinski definition) is 0. The van der Waals surface area contributed by atoms with Gasteiger partial charge < -0.3 is 14.2 Å². The summed E-state index contributed by atoms with van der Waals surface area (Å²) in [7, 11) is 0. The fourth-order valence-corrected chi connectivity index (χ4v) is 9.22. The zero-order valence-corrected chi connectivity index (χ0v) is 48.7. The third-order valence-electron chi connectivity index (χ3n) is 14.0. The average Bonchev–Trinajstić information content (AvgIpc) is 3.39. The van der Waals surface area contributed by atoms with Gasteiger partial charge in [0.05, 0.1) is 0 Å². The zero-order chi connectivity index (χ0) is 52.9. The summed E-state index contributed by atoms with van der Waals surface area (Å²) in [5.74, 6) is -0.928. The van der Waals surface area contributed by atoms with Crippen molar-refractivity contribution in [2.24, 2.45) is 0 Å². The SMILES string of the molecule is CCCCC/C=C\C=C/CCCCCCCCCCCCC(=O)OCC(COC(=O)CCC/C=C\C/C=C\C/C=C\CCCCCCCC)OC(=O)CCCCCCCCCCCCCCCCCCCCC. The molecule has 0 rings (SSSR count). The van der Waals surface area contributed by atoms with Crippen LogP contribution in [0.25, 0.3) is 0 Å². The van der Waals surface area contributed by atoms with Crippen molar-refractivity contribution >= 4 is 17.9 Å². The molecule has 0 saturated carbocycles. The van der Waals surface area contributed by atoms with Gasteiger partial charge in [0.2, 0.25) is 0 Å². The normalized spacial score (nSPS) is 12.4. The van der Waals surface area contributed by atoms with Gasteiger partial charge >= 0.3 is 17.9 Å². The molecule has 424 valence electrons. The zero-order valence-electron chi connectivity index (χ0n) is 48.7. The Hall–Kier alpha value is -2.89. The lowest BCUT2D eigenvalue weighted by atomic mass is 10.0. The molecular weight excluding hydrogens is 901 g/mol. The Kier molecular flexibility index (Phi) is 59.2. The first-order valence-corrected chi connectivity index (χ1v) is 31.8. The summed E-state index contributed by atoms with van der Waals surface area (Å²) < 4.78 is 16.9. The number of esters is 3. The summed E-state index contributed by atoms with van der Waals surface area (Å²) in [6.07, 6.45) is 78.0. The summed E-state index contributed by atoms with van der Waals surface area (Å²) in [4.78, 5) is 38.3. The van der Waals surface area contributed by atoms with Gasteiger partial charge in [0, 0.05) is 19.3 Å². The quantitative estimate of drug-likeness (QED) is 0.0199. The van der Waals surface area contributed by atoms with Crippen LogP contribution in [0.4, 0.5) is 0 Å². The van der Waals surface area contributed by atoms with Crippen molar-refractivity contribution in [2.45, 2.75) is 335 Å². The van der Waals surface area contributed by atoms with E-state index in [2.05, 4.69) is 81.5 Å². The predicted octanol–water partition coefficient (Wildman–Crippen LogP) is 21.6. The maximum Gasteiger partial charge on any atom is 0.306 e. The van der Waals surface area contributed by atoms with E-state index in [1.807, 2.05) is 0 Å². The Balaban J connectivity index is 4.41. The first kappa shape index (κ1) is 70.1. The second-order valence-electron chi connectivity index (χ2n) is 21.4. The molecule has 1 unspecified atom stereocenters. The summed E-state index contributed by atoms with van der Waals surface area (Å²) >= 11 is 0. The lowest BCUT2D eigenvalue weighted by Gasteiger charge is -2.18. The van der Waals surface area contributed by atoms with Crippen molar-refractivity contribution in [1.29, 1.82) is 0 Å². The van der Waals surface area contributed by atoms with Crippen LogP contribution in [0.3, 0.4) is 0 Å². The fraction of sp³-hybridized carbons (Fsp3) is 0.806. The van der Waals surface area contributed by atoms with Gasteiger partial charge in [-0.05, 0) is 77.0 Å². The highest BCUT2D eigenvalue weighted by Crippen LogP contribution is 2.17. The minimum atomic E-state index is -0.795. The van der Waals surface area contributed by atoms with Crippen molar-refractivity contribution < 1.29 is 28.6 Å². The van der Waals surface area contributed by atoms with E-state index < -0.39 is 6.10 Å². The molecule has 0 heterocycles. The molecule has 0 amide bonds. The molecule has 0 aliphatic carbocycles. The van der Waals surface area contributed by atoms with E-state index in [0.717, 1.165) is 57.8 Å². The standard InChI is InChI=1S/C67H120O6/c1-4-7-10-13-16-19-22-25-28-31-33-36-39-42-45-48-51-54-57-60-66(69)72-63-64(62-71-65(68)59-56-53-50-47-44-41-38-35-30-27-24-21-18-15-12-9-6-3)73-67(70)61-58-55-52-49-46-43-40-37-34-32-29-26-23-20-17-14-11-8-5-2/h16,19,22,25,27,30,38,41,47,50,64H,4-15,17-18,20-21,23-24,26,28-29,31-37,39-40,42-46,48-49,51-63H2,1-3H3/b19-16-,25-22-,30-27-,41-38-,50-47-. The fourth-order valence-electron chi connectivity index (χ4n) is 9.22. The van der Waals surface area contributed by atoms with Gasteiger partial charge in [0.1, 0.15) is 13.2 Å². The molecule has 6 heteroatoms. The number of carbonyl (C=O) groups is 3. The summed E-state index contributed by atoms with van der Waals surface area (Å²) in [6.45, 7) is 6.61. The van der Waals surface area contributed by atoms with Gasteiger partial charge in [-0.3, -0.25) is 14.4 Å². The van der Waals surface area contributed by atoms with E-state index in [0.29, 0.717) is 25.7 Å². The molecule has 0 saturated heterocycles. The second kappa shape index (κ2) is 61.7. The molecule has 0 radical (unpaired) electrons. The van der Waals surface area contributed by atoms with Gasteiger partial charge in [-0.2, -0.15) is 0 Å². The highest BCUT2D eigenvalue weighted by Gasteiger charge is 2.19. The van der Waals surface area contributed by atoms with Gasteiger partial charge in [0.15, 0.2) is 6.10 Å². The second-order valence-corrected chi connectivity index (χ2v) is 21.4. The molecule has 0 aromatic heterocycles. The van der Waals surface area contributed by atoms with Gasteiger partial charge in [-0.25, -0.2) is 0 Å². The molecule has 1 atom stereocenters. The van der Waals surface area contributed by atoms with E-state index >= 15 is 0 Å². The smallest absolute Gasteiger partial charge is 0.306 e. The summed E-state index contributed by atoms with van der Waals surface area (Å²) in [5, 5.41) is 0. The molecule has 0 aliphatic rings. The summed E-state index contributed by atoms with van der Waals surface area (Å²) in [5.41, 5.74) is 0. The minimum Gasteiger partial charge on any atom is -0.462 e. The number of carbonyl (C=O) groups excluding carboxylic acids is 3. The number of allylic oxidation sites excluding steroid dienone is 10. The topological polar surface area (TPSA) is 78.9 Å². The monoisotopic (exact) mass is 1020 g/mol. The molecule has 73 heavy (non-hydrogen) atoms. The molecule has 0 aromatic carbocycles. The summed E-state index contributed by atoms with van der Waals surface area (Å²) in [6, 6.07) is 0. The number of hydrogen-bond acceptors (Lipinski definition) is 6. The molecule has 6 nitrogen and oxygen atoms in total. The van der Waals surface area contributed by atoms with Crippen LogP contribution in [0.2, 0.25) is 0 Å². The first-order valence-electron chi connectivity index (χ1n) is 31.8. The number of ether oxygens (including phenoxy) is 3. The van der Waals surface area contributed by atoms with E-state index in [9.17, 15) is 14.4 Å². The van der Waals surface area contributed by atoms with Crippen molar-refractivity contribution in [3.05, 3.63) is 60.8 Å². The van der Waals surface area contributed by atoms with E-state index in [-0.39, 0.29) is 31.1 Å². The molecule has 0 aliphatic heterocycles. The van der Waals surface area contributed by atoms with Gasteiger partial charge in [-0.15, -0.1) is 0 Å². The highest BCUT2D eigenvalue weighted by atomic mass is 16.6. The maximum atomic E-state index is 12.9. The lowest BCUT2D eigenvalue weighted by Crippen LogP contribution is -2.30. The Morgan fingerprint density at radius 2 is 0.548 bits per heavy atom. The third-order valence-corrected chi connectivity index (χ3v) is 14.0. The Bertz CT molecular complexity index is 1310. The van der Waals surface area contributed by atoms with Gasteiger partial charge in [-0.1, -0.05) is 293 Å². The highest BCUT2D eigenvalue weighted by molar-refractivity contribution is 5.71. The Labute approximate surface area is 453 Å². The van der Waals surface area contributed by atoms with Crippen LogP contribution >= 0.6 is 0 Å². The third kappa shape index (κ3) is 59.9. The van der Waals surface area contributed by atoms with Crippen LogP contribution in [0.5, 0.6) is 0 Å². The Morgan fingerprint density at radius 3 is 0.932 bits per heavy atom. The van der Waals surface area contributed by atoms with E-state index in [4.69, 9.17) is 14.2 Å². The average molecular weight is 1020 g/mol. The van der Waals surface area contributed by atoms with Crippen LogP contribution < -0.4 is 0 Å². The number of rotatable bonds is 58. The first-order chi connectivity index (χ1) is 36.0. The van der Waals surface area contributed by atoms with Gasteiger partial charge in [0.25, 0.3) is 0 Å². The largest absolute Gasteiger partial charge is 0.462 e. The maximum absolute atomic E-state index is 12.9. The van der Waals surface area contributed by atoms with Crippen LogP contribution in [0.1, 0.15) is 329 Å². The molecule has 0 bridgehead atoms. The van der Waals surface area contributed by atoms with E-state index in [1.165, 1.54) is 225 Å². The van der Waals surface area contributed by atoms with Crippen molar-refractivity contribution in [3.8, 4) is 0 Å². The van der Waals surface area contributed by atoms with Crippen LogP contribution in [-0.2, 0) is 28.6 Å². The van der Waals surface area contributed by atoms with Crippen molar-refractivity contribution in [2.75, 3.05) is 13.2 Å². The van der Waals surface area contributed by atoms with Crippen molar-refractivity contribution in [1.82, 2.24) is 0 Å². The van der Waals surface area contributed by atoms with E-state index in [1.54, 1.807) is 0 Å². The van der Waals surface area contributed by atoms with Crippen LogP contribution in [0.15, 0.2) is 60.8 Å². The molecule has 0 N–H and O–H groups in total.